The van der Waals surface area contributed by atoms with E-state index in [1.807, 2.05) is 54.6 Å². The van der Waals surface area contributed by atoms with E-state index in [2.05, 4.69) is 10.4 Å². The third-order valence-corrected chi connectivity index (χ3v) is 4.67. The summed E-state index contributed by atoms with van der Waals surface area (Å²) >= 11 is 0. The Balaban J connectivity index is 1.60. The van der Waals surface area contributed by atoms with Crippen LogP contribution in [0.15, 0.2) is 83.8 Å². The van der Waals surface area contributed by atoms with E-state index in [0.717, 1.165) is 16.9 Å². The molecule has 0 spiro atoms. The third-order valence-electron chi connectivity index (χ3n) is 4.67. The largest absolute Gasteiger partial charge is 0.497 e. The number of pyridine rings is 1. The molecule has 2 heterocycles. The molecule has 7 heteroatoms. The molecule has 7 nitrogen and oxygen atoms in total. The molecule has 1 amide bonds. The van der Waals surface area contributed by atoms with Crippen LogP contribution in [0.4, 0.5) is 0 Å². The van der Waals surface area contributed by atoms with Crippen molar-refractivity contribution in [2.75, 3.05) is 7.11 Å². The lowest BCUT2D eigenvalue weighted by Crippen LogP contribution is -2.35. The average Bonchev–Trinajstić information content (AvgIpc) is 3.08. The second-order valence-corrected chi connectivity index (χ2v) is 6.55. The van der Waals surface area contributed by atoms with Gasteiger partial charge >= 0.3 is 5.69 Å². The topological polar surface area (TPSA) is 77.6 Å². The number of benzene rings is 2. The smallest absolute Gasteiger partial charge is 0.350 e. The zero-order chi connectivity index (χ0) is 20.2. The van der Waals surface area contributed by atoms with Gasteiger partial charge in [0.05, 0.1) is 13.2 Å². The van der Waals surface area contributed by atoms with Crippen molar-refractivity contribution in [1.29, 1.82) is 0 Å². The molecule has 0 fully saturated rings. The van der Waals surface area contributed by atoms with Gasteiger partial charge in [-0.1, -0.05) is 48.5 Å². The molecule has 0 aliphatic carbocycles. The molecule has 1 unspecified atom stereocenters. The van der Waals surface area contributed by atoms with E-state index in [4.69, 9.17) is 4.74 Å². The summed E-state index contributed by atoms with van der Waals surface area (Å²) in [5.41, 5.74) is 2.00. The lowest BCUT2D eigenvalue weighted by Gasteiger charge is -2.20. The van der Waals surface area contributed by atoms with Crippen molar-refractivity contribution >= 4 is 11.6 Å². The Hall–Kier alpha value is -3.87. The lowest BCUT2D eigenvalue weighted by molar-refractivity contribution is -0.122. The zero-order valence-electron chi connectivity index (χ0n) is 15.9. The van der Waals surface area contributed by atoms with Gasteiger partial charge in [-0.2, -0.15) is 0 Å². The highest BCUT2D eigenvalue weighted by Crippen LogP contribution is 2.24. The SMILES string of the molecule is COc1ccc(C(NC(=O)Cn2nc3ccccn3c2=O)c2ccccc2)cc1. The number of carbonyl (C=O) groups is 1. The Bertz CT molecular complexity index is 1180. The van der Waals surface area contributed by atoms with Gasteiger partial charge < -0.3 is 10.1 Å². The molecule has 0 saturated heterocycles. The molecule has 2 aromatic carbocycles. The van der Waals surface area contributed by atoms with Crippen molar-refractivity contribution < 1.29 is 9.53 Å². The second kappa shape index (κ2) is 8.02. The number of hydrogen-bond acceptors (Lipinski definition) is 4. The predicted octanol–water partition coefficient (Wildman–Crippen LogP) is 2.41. The molecule has 146 valence electrons. The number of carbonyl (C=O) groups excluding carboxylic acids is 1. The summed E-state index contributed by atoms with van der Waals surface area (Å²) in [5.74, 6) is 0.434. The standard InChI is InChI=1S/C22H20N4O3/c1-29-18-12-10-17(11-13-18)21(16-7-3-2-4-8-16)23-20(27)15-26-22(28)25-14-6-5-9-19(25)24-26/h2-14,21H,15H2,1H3,(H,23,27). The fourth-order valence-corrected chi connectivity index (χ4v) is 3.21. The van der Waals surface area contributed by atoms with Gasteiger partial charge in [0.2, 0.25) is 5.91 Å². The minimum Gasteiger partial charge on any atom is -0.497 e. The molecule has 0 saturated carbocycles. The van der Waals surface area contributed by atoms with E-state index < -0.39 is 0 Å². The second-order valence-electron chi connectivity index (χ2n) is 6.55. The molecule has 29 heavy (non-hydrogen) atoms. The number of rotatable bonds is 6. The van der Waals surface area contributed by atoms with Crippen molar-refractivity contribution in [3.05, 3.63) is 101 Å². The Labute approximate surface area is 167 Å². The molecular formula is C22H20N4O3. The van der Waals surface area contributed by atoms with E-state index in [1.54, 1.807) is 31.5 Å². The maximum Gasteiger partial charge on any atom is 0.350 e. The van der Waals surface area contributed by atoms with Gasteiger partial charge in [0, 0.05) is 6.20 Å². The molecule has 2 aromatic heterocycles. The number of ether oxygens (including phenoxy) is 1. The van der Waals surface area contributed by atoms with Crippen molar-refractivity contribution in [1.82, 2.24) is 19.5 Å². The highest BCUT2D eigenvalue weighted by molar-refractivity contribution is 5.76. The highest BCUT2D eigenvalue weighted by Gasteiger charge is 2.18. The summed E-state index contributed by atoms with van der Waals surface area (Å²) < 4.78 is 7.80. The minimum absolute atomic E-state index is 0.167. The van der Waals surface area contributed by atoms with E-state index in [-0.39, 0.29) is 24.2 Å². The average molecular weight is 388 g/mol. The van der Waals surface area contributed by atoms with Crippen LogP contribution in [0.5, 0.6) is 5.75 Å². The number of methoxy groups -OCH3 is 1. The van der Waals surface area contributed by atoms with Gasteiger partial charge in [0.1, 0.15) is 12.3 Å². The number of aromatic nitrogens is 3. The van der Waals surface area contributed by atoms with Crippen LogP contribution in [-0.2, 0) is 11.3 Å². The van der Waals surface area contributed by atoms with Crippen molar-refractivity contribution in [3.63, 3.8) is 0 Å². The van der Waals surface area contributed by atoms with Crippen molar-refractivity contribution in [3.8, 4) is 5.75 Å². The summed E-state index contributed by atoms with van der Waals surface area (Å²) in [5, 5.41) is 7.24. The van der Waals surface area contributed by atoms with Crippen LogP contribution in [0.2, 0.25) is 0 Å². The Kier molecular flexibility index (Phi) is 5.11. The maximum atomic E-state index is 12.8. The van der Waals surface area contributed by atoms with Crippen LogP contribution in [0.1, 0.15) is 17.2 Å². The van der Waals surface area contributed by atoms with E-state index in [1.165, 1.54) is 9.08 Å². The molecule has 4 aromatic rings. The molecule has 1 N–H and O–H groups in total. The molecule has 0 aliphatic rings. The number of hydrogen-bond donors (Lipinski definition) is 1. The first-order chi connectivity index (χ1) is 14.2. The van der Waals surface area contributed by atoms with Crippen LogP contribution in [0, 0.1) is 0 Å². The van der Waals surface area contributed by atoms with Crippen LogP contribution < -0.4 is 15.7 Å². The van der Waals surface area contributed by atoms with Crippen LogP contribution in [0.25, 0.3) is 5.65 Å². The van der Waals surface area contributed by atoms with Gasteiger partial charge in [0.15, 0.2) is 5.65 Å². The molecular weight excluding hydrogens is 368 g/mol. The van der Waals surface area contributed by atoms with Crippen LogP contribution >= 0.6 is 0 Å². The minimum atomic E-state index is -0.359. The van der Waals surface area contributed by atoms with Gasteiger partial charge in [-0.3, -0.25) is 9.20 Å². The number of fused-ring (bicyclic) bond motifs is 1. The zero-order valence-corrected chi connectivity index (χ0v) is 15.9. The first-order valence-electron chi connectivity index (χ1n) is 9.18. The lowest BCUT2D eigenvalue weighted by atomic mass is 9.98. The Morgan fingerprint density at radius 1 is 1.00 bits per heavy atom. The maximum absolute atomic E-state index is 12.8. The quantitative estimate of drug-likeness (QED) is 0.550. The highest BCUT2D eigenvalue weighted by atomic mass is 16.5. The van der Waals surface area contributed by atoms with E-state index in [9.17, 15) is 9.59 Å². The first-order valence-corrected chi connectivity index (χ1v) is 9.18. The van der Waals surface area contributed by atoms with Crippen LogP contribution in [-0.4, -0.2) is 27.2 Å². The molecule has 0 aliphatic heterocycles. The summed E-state index contributed by atoms with van der Waals surface area (Å²) in [7, 11) is 1.61. The normalized spacial score (nSPS) is 11.9. The van der Waals surface area contributed by atoms with Crippen molar-refractivity contribution in [2.24, 2.45) is 0 Å². The Morgan fingerprint density at radius 2 is 1.69 bits per heavy atom. The van der Waals surface area contributed by atoms with Gasteiger partial charge in [-0.05, 0) is 35.4 Å². The van der Waals surface area contributed by atoms with Gasteiger partial charge in [-0.15, -0.1) is 5.10 Å². The molecule has 0 radical (unpaired) electrons. The first kappa shape index (κ1) is 18.5. The summed E-state index contributed by atoms with van der Waals surface area (Å²) in [6, 6.07) is 22.1. The number of nitrogens with one attached hydrogen (secondary N) is 1. The number of amides is 1. The Morgan fingerprint density at radius 3 is 2.38 bits per heavy atom. The van der Waals surface area contributed by atoms with E-state index >= 15 is 0 Å². The fraction of sp³-hybridized carbons (Fsp3) is 0.136. The van der Waals surface area contributed by atoms with Gasteiger partial charge in [-0.25, -0.2) is 9.48 Å². The summed E-state index contributed by atoms with van der Waals surface area (Å²) in [4.78, 5) is 25.2. The summed E-state index contributed by atoms with van der Waals surface area (Å²) in [6.45, 7) is -0.167. The molecule has 0 bridgehead atoms. The van der Waals surface area contributed by atoms with Crippen LogP contribution in [0.3, 0.4) is 0 Å². The molecule has 4 rings (SSSR count). The fourth-order valence-electron chi connectivity index (χ4n) is 3.21. The van der Waals surface area contributed by atoms with E-state index in [0.29, 0.717) is 5.65 Å². The van der Waals surface area contributed by atoms with Crippen molar-refractivity contribution in [2.45, 2.75) is 12.6 Å². The summed E-state index contributed by atoms with van der Waals surface area (Å²) in [6.07, 6.45) is 1.63. The monoisotopic (exact) mass is 388 g/mol. The van der Waals surface area contributed by atoms with Gasteiger partial charge in [0.25, 0.3) is 0 Å². The molecule has 1 atom stereocenters. The third kappa shape index (κ3) is 3.89. The number of nitrogens with zero attached hydrogens (tertiary/aromatic N) is 3. The predicted molar refractivity (Wildman–Crippen MR) is 109 cm³/mol.